The minimum atomic E-state index is -0.412. The maximum absolute atomic E-state index is 12.8. The number of ether oxygens (including phenoxy) is 2. The Morgan fingerprint density at radius 1 is 1.40 bits per heavy atom. The standard InChI is InChI=1S/C19H28Cl2O4/c1-3-5-6-13(19(23)24-4-2)10-16(22)18-12-7-8-17(25-18)14(9-12)15(21)11-20/h12-15,17H,1,3-11H2,2H3. The first-order valence-electron chi connectivity index (χ1n) is 9.24. The molecule has 0 amide bonds. The van der Waals surface area contributed by atoms with Crippen molar-refractivity contribution in [1.82, 2.24) is 0 Å². The van der Waals surface area contributed by atoms with Gasteiger partial charge in [-0.3, -0.25) is 9.59 Å². The predicted octanol–water partition coefficient (Wildman–Crippen LogP) is 4.32. The number of alkyl halides is 2. The molecule has 3 fully saturated rings. The summed E-state index contributed by atoms with van der Waals surface area (Å²) in [5.41, 5.74) is 0. The summed E-state index contributed by atoms with van der Waals surface area (Å²) in [5.74, 6) is -0.0915. The van der Waals surface area contributed by atoms with Crippen LogP contribution in [-0.4, -0.2) is 35.7 Å². The normalized spacial score (nSPS) is 28.6. The van der Waals surface area contributed by atoms with Gasteiger partial charge in [-0.2, -0.15) is 0 Å². The zero-order valence-electron chi connectivity index (χ0n) is 14.8. The number of carbonyl (C=O) groups excluding carboxylic acids is 2. The molecule has 2 radical (unpaired) electrons. The summed E-state index contributed by atoms with van der Waals surface area (Å²) in [4.78, 5) is 24.9. The van der Waals surface area contributed by atoms with Gasteiger partial charge < -0.3 is 9.47 Å². The zero-order chi connectivity index (χ0) is 18.4. The van der Waals surface area contributed by atoms with Gasteiger partial charge in [0.25, 0.3) is 0 Å². The summed E-state index contributed by atoms with van der Waals surface area (Å²) in [6, 6.07) is 0. The molecule has 5 atom stereocenters. The molecule has 3 aliphatic rings. The number of hydrogen-bond donors (Lipinski definition) is 0. The highest BCUT2D eigenvalue weighted by Crippen LogP contribution is 2.47. The number of halogens is 2. The Balaban J connectivity index is 1.96. The lowest BCUT2D eigenvalue weighted by atomic mass is 9.71. The lowest BCUT2D eigenvalue weighted by molar-refractivity contribution is -0.153. The van der Waals surface area contributed by atoms with Crippen LogP contribution in [-0.2, 0) is 19.1 Å². The van der Waals surface area contributed by atoms with Gasteiger partial charge in [-0.05, 0) is 38.5 Å². The van der Waals surface area contributed by atoms with E-state index in [-0.39, 0.29) is 41.5 Å². The molecule has 1 aliphatic carbocycles. The predicted molar refractivity (Wildman–Crippen MR) is 98.3 cm³/mol. The Kier molecular flexibility index (Phi) is 8.50. The van der Waals surface area contributed by atoms with Gasteiger partial charge in [0.2, 0.25) is 0 Å². The highest BCUT2D eigenvalue weighted by atomic mass is 35.5. The number of carbonyl (C=O) groups is 2. The summed E-state index contributed by atoms with van der Waals surface area (Å²) >= 11 is 12.2. The third kappa shape index (κ3) is 5.33. The Hall–Kier alpha value is -0.320. The summed E-state index contributed by atoms with van der Waals surface area (Å²) in [6.07, 6.45) is 5.50. The molecule has 0 aromatic rings. The average molecular weight is 391 g/mol. The van der Waals surface area contributed by atoms with Gasteiger partial charge >= 0.3 is 5.97 Å². The van der Waals surface area contributed by atoms with E-state index >= 15 is 0 Å². The molecule has 0 aromatic carbocycles. The number of hydrogen-bond acceptors (Lipinski definition) is 4. The monoisotopic (exact) mass is 390 g/mol. The summed E-state index contributed by atoms with van der Waals surface area (Å²) in [5, 5.41) is -0.129. The average Bonchev–Trinajstić information content (AvgIpc) is 2.64. The first-order valence-corrected chi connectivity index (χ1v) is 10.2. The molecule has 4 nitrogen and oxygen atoms in total. The fourth-order valence-electron chi connectivity index (χ4n) is 3.89. The van der Waals surface area contributed by atoms with E-state index in [1.165, 1.54) is 0 Å². The summed E-state index contributed by atoms with van der Waals surface area (Å²) in [7, 11) is 0. The van der Waals surface area contributed by atoms with E-state index in [1.807, 2.05) is 0 Å². The highest BCUT2D eigenvalue weighted by molar-refractivity contribution is 6.28. The van der Waals surface area contributed by atoms with Crippen molar-refractivity contribution < 1.29 is 19.1 Å². The van der Waals surface area contributed by atoms with E-state index in [9.17, 15) is 9.59 Å². The third-order valence-corrected chi connectivity index (χ3v) is 6.19. The quantitative estimate of drug-likeness (QED) is 0.411. The van der Waals surface area contributed by atoms with Crippen LogP contribution in [0.25, 0.3) is 0 Å². The zero-order valence-corrected chi connectivity index (χ0v) is 16.4. The van der Waals surface area contributed by atoms with Crippen molar-refractivity contribution in [3.8, 4) is 0 Å². The minimum Gasteiger partial charge on any atom is -0.466 e. The summed E-state index contributed by atoms with van der Waals surface area (Å²) in [6.45, 7) is 5.90. The molecule has 142 valence electrons. The first kappa shape index (κ1) is 21.0. The molecule has 0 aromatic heterocycles. The molecule has 2 aliphatic heterocycles. The SMILES string of the molecule is [CH2]CCCC(CC(=O)[C]1OC2CCC1CC2C(Cl)CCl)C(=O)OCC. The van der Waals surface area contributed by atoms with Gasteiger partial charge in [0.05, 0.1) is 24.0 Å². The van der Waals surface area contributed by atoms with Gasteiger partial charge in [0.1, 0.15) is 0 Å². The van der Waals surface area contributed by atoms with Crippen molar-refractivity contribution in [2.24, 2.45) is 17.8 Å². The van der Waals surface area contributed by atoms with E-state index in [0.29, 0.717) is 25.0 Å². The van der Waals surface area contributed by atoms with E-state index in [2.05, 4.69) is 6.92 Å². The topological polar surface area (TPSA) is 52.6 Å². The molecule has 0 spiro atoms. The molecule has 6 heteroatoms. The van der Waals surface area contributed by atoms with Gasteiger partial charge in [0, 0.05) is 18.2 Å². The van der Waals surface area contributed by atoms with Gasteiger partial charge in [-0.25, -0.2) is 0 Å². The van der Waals surface area contributed by atoms with Crippen LogP contribution in [0.2, 0.25) is 0 Å². The second-order valence-electron chi connectivity index (χ2n) is 6.94. The fourth-order valence-corrected chi connectivity index (χ4v) is 4.38. The number of ketones is 1. The summed E-state index contributed by atoms with van der Waals surface area (Å²) < 4.78 is 11.1. The molecule has 25 heavy (non-hydrogen) atoms. The molecule has 5 unspecified atom stereocenters. The van der Waals surface area contributed by atoms with Crippen LogP contribution in [0.3, 0.4) is 0 Å². The Bertz CT molecular complexity index is 457. The lowest BCUT2D eigenvalue weighted by Crippen LogP contribution is -2.48. The van der Waals surface area contributed by atoms with E-state index in [1.54, 1.807) is 6.92 Å². The molecule has 1 saturated carbocycles. The van der Waals surface area contributed by atoms with Crippen molar-refractivity contribution in [1.29, 1.82) is 0 Å². The highest BCUT2D eigenvalue weighted by Gasteiger charge is 2.48. The minimum absolute atomic E-state index is 0.0360. The number of Topliss-reactive ketones (excluding diaryl/α,β-unsaturated/α-hetero) is 1. The number of esters is 1. The third-order valence-electron chi connectivity index (χ3n) is 5.22. The fraction of sp³-hybridized carbons (Fsp3) is 0.789. The van der Waals surface area contributed by atoms with Crippen LogP contribution >= 0.6 is 23.2 Å². The maximum Gasteiger partial charge on any atom is 0.309 e. The first-order chi connectivity index (χ1) is 12.0. The van der Waals surface area contributed by atoms with Crippen molar-refractivity contribution >= 4 is 35.0 Å². The van der Waals surface area contributed by atoms with Crippen molar-refractivity contribution in [3.63, 3.8) is 0 Å². The van der Waals surface area contributed by atoms with Crippen LogP contribution in [0, 0.1) is 30.8 Å². The number of fused-ring (bicyclic) bond motifs is 3. The number of unbranched alkanes of at least 4 members (excludes halogenated alkanes) is 1. The van der Waals surface area contributed by atoms with Gasteiger partial charge in [0.15, 0.2) is 11.9 Å². The van der Waals surface area contributed by atoms with Crippen molar-refractivity contribution in [2.45, 2.75) is 63.4 Å². The van der Waals surface area contributed by atoms with E-state index < -0.39 is 5.92 Å². The smallest absolute Gasteiger partial charge is 0.309 e. The molecule has 2 saturated heterocycles. The lowest BCUT2D eigenvalue weighted by Gasteiger charge is -2.47. The van der Waals surface area contributed by atoms with Gasteiger partial charge in [-0.1, -0.05) is 19.8 Å². The van der Waals surface area contributed by atoms with Crippen molar-refractivity contribution in [2.75, 3.05) is 12.5 Å². The van der Waals surface area contributed by atoms with Crippen LogP contribution < -0.4 is 0 Å². The van der Waals surface area contributed by atoms with E-state index in [4.69, 9.17) is 32.7 Å². The largest absolute Gasteiger partial charge is 0.466 e. The molecular formula is C19H28Cl2O4. The second-order valence-corrected chi connectivity index (χ2v) is 7.81. The van der Waals surface area contributed by atoms with Crippen LogP contribution in [0.1, 0.15) is 51.9 Å². The Morgan fingerprint density at radius 2 is 2.16 bits per heavy atom. The molecule has 0 N–H and O–H groups in total. The molecular weight excluding hydrogens is 363 g/mol. The maximum atomic E-state index is 12.8. The van der Waals surface area contributed by atoms with E-state index in [0.717, 1.165) is 32.1 Å². The number of rotatable bonds is 10. The molecule has 3 rings (SSSR count). The second kappa shape index (κ2) is 10.1. The van der Waals surface area contributed by atoms with Gasteiger partial charge in [-0.15, -0.1) is 23.2 Å². The van der Waals surface area contributed by atoms with Crippen LogP contribution in [0.4, 0.5) is 0 Å². The molecule has 2 bridgehead atoms. The van der Waals surface area contributed by atoms with Crippen molar-refractivity contribution in [3.05, 3.63) is 13.0 Å². The van der Waals surface area contributed by atoms with Crippen LogP contribution in [0.15, 0.2) is 0 Å². The van der Waals surface area contributed by atoms with Crippen LogP contribution in [0.5, 0.6) is 0 Å². The molecule has 2 heterocycles. The Morgan fingerprint density at radius 3 is 2.72 bits per heavy atom. The Labute approximate surface area is 160 Å².